The van der Waals surface area contributed by atoms with Crippen molar-refractivity contribution < 1.29 is 0 Å². The Kier molecular flexibility index (Phi) is 12.1. The van der Waals surface area contributed by atoms with Crippen molar-refractivity contribution in [1.82, 2.24) is 9.97 Å². The van der Waals surface area contributed by atoms with E-state index in [1.165, 1.54) is 11.1 Å². The lowest BCUT2D eigenvalue weighted by atomic mass is 9.79. The fourth-order valence-corrected chi connectivity index (χ4v) is 10.3. The first-order valence-electron chi connectivity index (χ1n) is 24.6. The number of pyridine rings is 2. The summed E-state index contributed by atoms with van der Waals surface area (Å²) in [5.74, 6) is 0. The first-order valence-corrected chi connectivity index (χ1v) is 24.6. The molecule has 0 aliphatic rings. The van der Waals surface area contributed by atoms with Crippen LogP contribution in [0.2, 0.25) is 0 Å². The summed E-state index contributed by atoms with van der Waals surface area (Å²) in [4.78, 5) is 11.2. The zero-order chi connectivity index (χ0) is 48.1. The summed E-state index contributed by atoms with van der Waals surface area (Å²) >= 11 is 0. The Morgan fingerprint density at radius 1 is 0.153 bits per heavy atom. The van der Waals surface area contributed by atoms with Crippen LogP contribution in [0.15, 0.2) is 291 Å². The van der Waals surface area contributed by atoms with Crippen molar-refractivity contribution in [3.8, 4) is 123 Å². The van der Waals surface area contributed by atoms with Crippen molar-refractivity contribution in [2.24, 2.45) is 0 Å². The molecular formula is C70H48N2. The molecule has 0 spiro atoms. The molecule has 0 bridgehead atoms. The maximum atomic E-state index is 5.61. The Balaban J connectivity index is 1.11. The highest BCUT2D eigenvalue weighted by Crippen LogP contribution is 2.52. The molecule has 0 N–H and O–H groups in total. The first kappa shape index (κ1) is 43.8. The van der Waals surface area contributed by atoms with Gasteiger partial charge in [0.15, 0.2) is 0 Å². The summed E-state index contributed by atoms with van der Waals surface area (Å²) < 4.78 is 0. The smallest absolute Gasteiger partial charge is 0.0893 e. The normalized spacial score (nSPS) is 11.1. The van der Waals surface area contributed by atoms with Crippen molar-refractivity contribution in [2.45, 2.75) is 0 Å². The molecule has 72 heavy (non-hydrogen) atoms. The van der Waals surface area contributed by atoms with E-state index in [9.17, 15) is 0 Å². The Morgan fingerprint density at radius 2 is 0.361 bits per heavy atom. The molecule has 10 aromatic carbocycles. The molecule has 338 valence electrons. The lowest BCUT2D eigenvalue weighted by molar-refractivity contribution is 1.25. The fourth-order valence-electron chi connectivity index (χ4n) is 10.3. The molecule has 0 atom stereocenters. The van der Waals surface area contributed by atoms with Gasteiger partial charge in [-0.15, -0.1) is 0 Å². The van der Waals surface area contributed by atoms with Gasteiger partial charge in [-0.2, -0.15) is 0 Å². The number of rotatable bonds is 11. The Bertz CT molecular complexity index is 3530. The third-order valence-electron chi connectivity index (χ3n) is 13.5. The molecule has 2 nitrogen and oxygen atoms in total. The summed E-state index contributed by atoms with van der Waals surface area (Å²) in [6.45, 7) is 0. The molecule has 0 radical (unpaired) electrons. The molecule has 0 aliphatic carbocycles. The molecule has 2 heteroatoms. The Morgan fingerprint density at radius 3 is 0.625 bits per heavy atom. The monoisotopic (exact) mass is 916 g/mol. The Hall–Kier alpha value is -9.50. The van der Waals surface area contributed by atoms with E-state index in [1.54, 1.807) is 0 Å². The van der Waals surface area contributed by atoms with Gasteiger partial charge < -0.3 is 0 Å². The molecular weight excluding hydrogens is 869 g/mol. The predicted octanol–water partition coefficient (Wildman–Crippen LogP) is 18.8. The van der Waals surface area contributed by atoms with Gasteiger partial charge in [0.25, 0.3) is 0 Å². The highest BCUT2D eigenvalue weighted by molar-refractivity contribution is 6.09. The number of nitrogens with zero attached hydrogens (tertiary/aromatic N) is 2. The van der Waals surface area contributed by atoms with E-state index in [0.29, 0.717) is 0 Å². The molecule has 0 unspecified atom stereocenters. The van der Waals surface area contributed by atoms with Crippen LogP contribution in [0.1, 0.15) is 0 Å². The minimum absolute atomic E-state index is 0.789. The number of aromatic nitrogens is 2. The highest BCUT2D eigenvalue weighted by Gasteiger charge is 2.26. The highest BCUT2D eigenvalue weighted by atomic mass is 14.8. The van der Waals surface area contributed by atoms with Crippen LogP contribution in [0.5, 0.6) is 0 Å². The summed E-state index contributed by atoms with van der Waals surface area (Å²) in [5.41, 5.74) is 23.7. The zero-order valence-electron chi connectivity index (χ0n) is 39.6. The van der Waals surface area contributed by atoms with Gasteiger partial charge in [0, 0.05) is 11.1 Å². The lowest BCUT2D eigenvalue weighted by Crippen LogP contribution is -2.00. The quantitative estimate of drug-likeness (QED) is 0.129. The van der Waals surface area contributed by atoms with Gasteiger partial charge in [0.1, 0.15) is 0 Å². The molecule has 2 heterocycles. The molecule has 0 saturated carbocycles. The summed E-state index contributed by atoms with van der Waals surface area (Å²) in [7, 11) is 0. The number of benzene rings is 10. The third-order valence-corrected chi connectivity index (χ3v) is 13.5. The van der Waals surface area contributed by atoms with Crippen LogP contribution in [-0.2, 0) is 0 Å². The summed E-state index contributed by atoms with van der Waals surface area (Å²) in [5, 5.41) is 0. The minimum Gasteiger partial charge on any atom is -0.246 e. The maximum absolute atomic E-state index is 5.61. The first-order chi connectivity index (χ1) is 35.8. The van der Waals surface area contributed by atoms with Crippen LogP contribution in [-0.4, -0.2) is 9.97 Å². The average Bonchev–Trinajstić information content (AvgIpc) is 3.48. The Labute approximate surface area is 421 Å². The molecule has 0 saturated heterocycles. The van der Waals surface area contributed by atoms with Crippen LogP contribution in [0.3, 0.4) is 0 Å². The minimum atomic E-state index is 0.789. The van der Waals surface area contributed by atoms with E-state index in [1.807, 2.05) is 0 Å². The second-order valence-electron chi connectivity index (χ2n) is 17.9. The van der Waals surface area contributed by atoms with Crippen LogP contribution in [0.25, 0.3) is 123 Å². The van der Waals surface area contributed by atoms with Gasteiger partial charge in [0.05, 0.1) is 22.8 Å². The zero-order valence-corrected chi connectivity index (χ0v) is 39.6. The van der Waals surface area contributed by atoms with Crippen molar-refractivity contribution in [1.29, 1.82) is 0 Å². The SMILES string of the molecule is c1ccc(-c2cc(-c3cccc(-c4cccc(-c5cc(-c6ccccc6)c(-c6ccccc6)c(-c6ccccc6)c5-c5ccccc5)n4)n3)c(-c3ccccc3)c(-c3ccccc3)c2-c2ccccc2)cc1. The van der Waals surface area contributed by atoms with E-state index < -0.39 is 0 Å². The van der Waals surface area contributed by atoms with Gasteiger partial charge in [-0.1, -0.05) is 255 Å². The predicted molar refractivity (Wildman–Crippen MR) is 302 cm³/mol. The van der Waals surface area contributed by atoms with Gasteiger partial charge in [-0.3, -0.25) is 0 Å². The van der Waals surface area contributed by atoms with Gasteiger partial charge in [0.2, 0.25) is 0 Å². The fraction of sp³-hybridized carbons (Fsp3) is 0. The molecule has 0 fully saturated rings. The van der Waals surface area contributed by atoms with Crippen molar-refractivity contribution >= 4 is 0 Å². The van der Waals surface area contributed by atoms with E-state index in [2.05, 4.69) is 291 Å². The van der Waals surface area contributed by atoms with Gasteiger partial charge in [-0.05, 0) is 125 Å². The van der Waals surface area contributed by atoms with E-state index in [0.717, 1.165) is 112 Å². The summed E-state index contributed by atoms with van der Waals surface area (Å²) in [6, 6.07) is 104. The van der Waals surface area contributed by atoms with Crippen molar-refractivity contribution in [2.75, 3.05) is 0 Å². The second-order valence-corrected chi connectivity index (χ2v) is 17.9. The molecule has 0 aliphatic heterocycles. The molecule has 12 rings (SSSR count). The van der Waals surface area contributed by atoms with Crippen molar-refractivity contribution in [3.63, 3.8) is 0 Å². The van der Waals surface area contributed by atoms with E-state index in [4.69, 9.17) is 9.97 Å². The second kappa shape index (κ2) is 19.8. The van der Waals surface area contributed by atoms with E-state index >= 15 is 0 Å². The van der Waals surface area contributed by atoms with Crippen LogP contribution in [0, 0.1) is 0 Å². The van der Waals surface area contributed by atoms with Crippen molar-refractivity contribution in [3.05, 3.63) is 291 Å². The molecule has 12 aromatic rings. The largest absolute Gasteiger partial charge is 0.246 e. The third kappa shape index (κ3) is 8.53. The van der Waals surface area contributed by atoms with E-state index in [-0.39, 0.29) is 0 Å². The lowest BCUT2D eigenvalue weighted by Gasteiger charge is -2.24. The number of hydrogen-bond acceptors (Lipinski definition) is 2. The average molecular weight is 917 g/mol. The standard InChI is InChI=1S/C70H48N2/c1-9-27-49(28-10-1)57-47-59(67(53-35-17-5-18-36-53)69(55-39-21-7-22-40-55)65(57)51-31-13-3-14-32-51)61-43-25-45-63(71-61)64-46-26-44-62(72-64)60-48-58(50-29-11-2-12-30-50)66(52-33-15-4-16-34-52)70(56-41-23-8-24-42-56)68(60)54-37-19-6-20-38-54/h1-48H. The molecule has 2 aromatic heterocycles. The van der Waals surface area contributed by atoms with Crippen LogP contribution < -0.4 is 0 Å². The number of hydrogen-bond donors (Lipinski definition) is 0. The van der Waals surface area contributed by atoms with Gasteiger partial charge >= 0.3 is 0 Å². The summed E-state index contributed by atoms with van der Waals surface area (Å²) in [6.07, 6.45) is 0. The van der Waals surface area contributed by atoms with Crippen LogP contribution >= 0.6 is 0 Å². The maximum Gasteiger partial charge on any atom is 0.0893 e. The van der Waals surface area contributed by atoms with Crippen LogP contribution in [0.4, 0.5) is 0 Å². The topological polar surface area (TPSA) is 25.8 Å². The molecule has 0 amide bonds. The van der Waals surface area contributed by atoms with Gasteiger partial charge in [-0.25, -0.2) is 9.97 Å².